The highest BCUT2D eigenvalue weighted by Crippen LogP contribution is 2.27. The number of nitrogens with zero attached hydrogens (tertiary/aromatic N) is 2. The van der Waals surface area contributed by atoms with Crippen molar-refractivity contribution in [2.45, 2.75) is 26.2 Å². The summed E-state index contributed by atoms with van der Waals surface area (Å²) in [6.07, 6.45) is 7.91. The van der Waals surface area contributed by atoms with Gasteiger partial charge in [-0.2, -0.15) is 0 Å². The molecule has 4 heteroatoms. The van der Waals surface area contributed by atoms with E-state index >= 15 is 0 Å². The summed E-state index contributed by atoms with van der Waals surface area (Å²) in [5.41, 5.74) is 3.23. The van der Waals surface area contributed by atoms with Crippen molar-refractivity contribution >= 4 is 17.0 Å². The predicted octanol–water partition coefficient (Wildman–Crippen LogP) is 5.29. The summed E-state index contributed by atoms with van der Waals surface area (Å²) in [4.78, 5) is 2.41. The molecule has 0 N–H and O–H groups in total. The number of hydrogen-bond donors (Lipinski definition) is 0. The standard InChI is InChI=1S/C23H26N2O2/c1-18-7-8-22-21(17-18)23(24-27-22)26-16-12-20-10-14-25(15-11-20)13-9-19-5-3-2-4-6-19/h2-9,13,17,20H,10-12,14-16H2,1H3. The number of ether oxygens (including phenoxy) is 1. The fourth-order valence-corrected chi connectivity index (χ4v) is 3.60. The fraction of sp³-hybridized carbons (Fsp3) is 0.348. The minimum absolute atomic E-state index is 0.622. The summed E-state index contributed by atoms with van der Waals surface area (Å²) in [5, 5.41) is 5.04. The van der Waals surface area contributed by atoms with Crippen LogP contribution in [0.5, 0.6) is 5.88 Å². The lowest BCUT2D eigenvalue weighted by Crippen LogP contribution is -2.30. The normalized spacial score (nSPS) is 15.7. The average Bonchev–Trinajstić information content (AvgIpc) is 3.10. The Bertz CT molecular complexity index is 893. The Morgan fingerprint density at radius 3 is 2.78 bits per heavy atom. The third-order valence-electron chi connectivity index (χ3n) is 5.28. The van der Waals surface area contributed by atoms with Crippen LogP contribution < -0.4 is 4.74 Å². The Hall–Kier alpha value is -2.75. The summed E-state index contributed by atoms with van der Waals surface area (Å²) >= 11 is 0. The van der Waals surface area contributed by atoms with Crippen molar-refractivity contribution in [3.05, 3.63) is 65.9 Å². The molecule has 4 nitrogen and oxygen atoms in total. The van der Waals surface area contributed by atoms with Crippen molar-refractivity contribution in [2.75, 3.05) is 19.7 Å². The molecule has 1 aromatic heterocycles. The molecule has 0 amide bonds. The zero-order chi connectivity index (χ0) is 18.5. The predicted molar refractivity (Wildman–Crippen MR) is 109 cm³/mol. The number of piperidine rings is 1. The van der Waals surface area contributed by atoms with Gasteiger partial charge in [0.25, 0.3) is 5.88 Å². The molecule has 1 saturated heterocycles. The molecular weight excluding hydrogens is 336 g/mol. The third kappa shape index (κ3) is 4.51. The first-order chi connectivity index (χ1) is 13.3. The lowest BCUT2D eigenvalue weighted by molar-refractivity contribution is 0.197. The van der Waals surface area contributed by atoms with Crippen LogP contribution in [0.15, 0.2) is 59.3 Å². The molecular formula is C23H26N2O2. The highest BCUT2D eigenvalue weighted by molar-refractivity contribution is 5.82. The SMILES string of the molecule is Cc1ccc2onc(OCCC3CCN(C=Cc4ccccc4)CC3)c2c1. The zero-order valence-corrected chi connectivity index (χ0v) is 15.8. The smallest absolute Gasteiger partial charge is 0.262 e. The molecule has 1 aliphatic heterocycles. The molecule has 1 aliphatic rings. The van der Waals surface area contributed by atoms with E-state index in [0.29, 0.717) is 18.4 Å². The van der Waals surface area contributed by atoms with Gasteiger partial charge in [-0.05, 0) is 67.2 Å². The number of hydrogen-bond acceptors (Lipinski definition) is 4. The summed E-state index contributed by atoms with van der Waals surface area (Å²) in [7, 11) is 0. The van der Waals surface area contributed by atoms with Crippen LogP contribution in [-0.4, -0.2) is 29.8 Å². The van der Waals surface area contributed by atoms with Gasteiger partial charge in [-0.15, -0.1) is 0 Å². The molecule has 3 aromatic rings. The first-order valence-electron chi connectivity index (χ1n) is 9.74. The Labute approximate surface area is 160 Å². The van der Waals surface area contributed by atoms with Crippen LogP contribution >= 0.6 is 0 Å². The van der Waals surface area contributed by atoms with E-state index in [1.807, 2.05) is 18.2 Å². The number of aromatic nitrogens is 1. The van der Waals surface area contributed by atoms with E-state index in [2.05, 4.69) is 59.6 Å². The third-order valence-corrected chi connectivity index (χ3v) is 5.28. The average molecular weight is 362 g/mol. The minimum atomic E-state index is 0.622. The number of likely N-dealkylation sites (tertiary alicyclic amines) is 1. The fourth-order valence-electron chi connectivity index (χ4n) is 3.60. The lowest BCUT2D eigenvalue weighted by Gasteiger charge is -2.31. The maximum Gasteiger partial charge on any atom is 0.262 e. The van der Waals surface area contributed by atoms with Crippen molar-refractivity contribution in [3.8, 4) is 5.88 Å². The van der Waals surface area contributed by atoms with Gasteiger partial charge in [-0.1, -0.05) is 42.0 Å². The topological polar surface area (TPSA) is 38.5 Å². The molecule has 27 heavy (non-hydrogen) atoms. The van der Waals surface area contributed by atoms with E-state index in [1.54, 1.807) is 0 Å². The number of fused-ring (bicyclic) bond motifs is 1. The molecule has 0 atom stereocenters. The second kappa shape index (κ2) is 8.30. The van der Waals surface area contributed by atoms with Gasteiger partial charge in [0.05, 0.1) is 12.0 Å². The summed E-state index contributed by atoms with van der Waals surface area (Å²) in [5.74, 6) is 1.34. The van der Waals surface area contributed by atoms with Crippen LogP contribution in [0.2, 0.25) is 0 Å². The van der Waals surface area contributed by atoms with E-state index in [4.69, 9.17) is 9.26 Å². The van der Waals surface area contributed by atoms with Crippen molar-refractivity contribution in [2.24, 2.45) is 5.92 Å². The molecule has 0 unspecified atom stereocenters. The van der Waals surface area contributed by atoms with Crippen LogP contribution in [0.25, 0.3) is 17.0 Å². The Morgan fingerprint density at radius 2 is 1.96 bits per heavy atom. The zero-order valence-electron chi connectivity index (χ0n) is 15.8. The minimum Gasteiger partial charge on any atom is -0.475 e. The van der Waals surface area contributed by atoms with Crippen LogP contribution in [-0.2, 0) is 0 Å². The maximum absolute atomic E-state index is 5.92. The molecule has 4 rings (SSSR count). The van der Waals surface area contributed by atoms with E-state index < -0.39 is 0 Å². The van der Waals surface area contributed by atoms with Crippen molar-refractivity contribution in [3.63, 3.8) is 0 Å². The summed E-state index contributed by atoms with van der Waals surface area (Å²) in [6, 6.07) is 16.5. The van der Waals surface area contributed by atoms with E-state index in [9.17, 15) is 0 Å². The largest absolute Gasteiger partial charge is 0.475 e. The first kappa shape index (κ1) is 17.7. The molecule has 0 radical (unpaired) electrons. The molecule has 1 fully saturated rings. The molecule has 0 aliphatic carbocycles. The highest BCUT2D eigenvalue weighted by atomic mass is 16.5. The van der Waals surface area contributed by atoms with Crippen LogP contribution in [0.3, 0.4) is 0 Å². The molecule has 0 saturated carbocycles. The van der Waals surface area contributed by atoms with E-state index in [1.165, 1.54) is 24.0 Å². The number of benzene rings is 2. The lowest BCUT2D eigenvalue weighted by atomic mass is 9.94. The van der Waals surface area contributed by atoms with Crippen LogP contribution in [0.1, 0.15) is 30.4 Å². The van der Waals surface area contributed by atoms with E-state index in [0.717, 1.165) is 30.5 Å². The number of rotatable bonds is 6. The highest BCUT2D eigenvalue weighted by Gasteiger charge is 2.18. The first-order valence-corrected chi connectivity index (χ1v) is 9.74. The molecule has 0 spiro atoms. The maximum atomic E-state index is 5.92. The second-order valence-electron chi connectivity index (χ2n) is 7.33. The van der Waals surface area contributed by atoms with Gasteiger partial charge < -0.3 is 14.2 Å². The van der Waals surface area contributed by atoms with Crippen molar-refractivity contribution in [1.29, 1.82) is 0 Å². The van der Waals surface area contributed by atoms with Gasteiger partial charge in [0.2, 0.25) is 0 Å². The van der Waals surface area contributed by atoms with Gasteiger partial charge in [0.1, 0.15) is 0 Å². The van der Waals surface area contributed by atoms with Gasteiger partial charge in [-0.3, -0.25) is 0 Å². The second-order valence-corrected chi connectivity index (χ2v) is 7.33. The van der Waals surface area contributed by atoms with Crippen LogP contribution in [0, 0.1) is 12.8 Å². The van der Waals surface area contributed by atoms with Gasteiger partial charge in [0, 0.05) is 13.1 Å². The van der Waals surface area contributed by atoms with Gasteiger partial charge >= 0.3 is 0 Å². The Balaban J connectivity index is 1.22. The quantitative estimate of drug-likeness (QED) is 0.597. The van der Waals surface area contributed by atoms with Crippen LogP contribution in [0.4, 0.5) is 0 Å². The molecule has 140 valence electrons. The van der Waals surface area contributed by atoms with Gasteiger partial charge in [-0.25, -0.2) is 0 Å². The Morgan fingerprint density at radius 1 is 1.15 bits per heavy atom. The molecule has 2 aromatic carbocycles. The van der Waals surface area contributed by atoms with Crippen molar-refractivity contribution < 1.29 is 9.26 Å². The molecule has 0 bridgehead atoms. The van der Waals surface area contributed by atoms with E-state index in [-0.39, 0.29) is 0 Å². The Kier molecular flexibility index (Phi) is 5.42. The number of aryl methyl sites for hydroxylation is 1. The summed E-state index contributed by atoms with van der Waals surface area (Å²) in [6.45, 7) is 4.98. The monoisotopic (exact) mass is 362 g/mol. The van der Waals surface area contributed by atoms with Crippen molar-refractivity contribution in [1.82, 2.24) is 10.1 Å². The summed E-state index contributed by atoms with van der Waals surface area (Å²) < 4.78 is 11.3. The molecule has 2 heterocycles. The van der Waals surface area contributed by atoms with Gasteiger partial charge in [0.15, 0.2) is 5.58 Å².